The smallest absolute Gasteiger partial charge is 0.254 e. The van der Waals surface area contributed by atoms with Gasteiger partial charge in [0.25, 0.3) is 4.90 Å². The van der Waals surface area contributed by atoms with Crippen molar-refractivity contribution in [2.24, 2.45) is 0 Å². The van der Waals surface area contributed by atoms with Gasteiger partial charge < -0.3 is 9.64 Å². The Balaban J connectivity index is 1.95. The van der Waals surface area contributed by atoms with Crippen LogP contribution in [0.1, 0.15) is 18.5 Å². The molecule has 1 atom stereocenters. The van der Waals surface area contributed by atoms with Gasteiger partial charge in [-0.15, -0.1) is 0 Å². The fourth-order valence-electron chi connectivity index (χ4n) is 2.80. The molecular weight excluding hydrogens is 298 g/mol. The van der Waals surface area contributed by atoms with Crippen LogP contribution < -0.4 is 4.90 Å². The van der Waals surface area contributed by atoms with Gasteiger partial charge in [-0.05, 0) is 24.4 Å². The zero-order chi connectivity index (χ0) is 14.1. The van der Waals surface area contributed by atoms with Crippen LogP contribution in [0.25, 0.3) is 0 Å². The van der Waals surface area contributed by atoms with Crippen molar-refractivity contribution in [3.8, 4) is 0 Å². The molecule has 110 valence electrons. The van der Waals surface area contributed by atoms with Gasteiger partial charge in [-0.25, -0.2) is 4.98 Å². The molecule has 3 heterocycles. The average molecular weight is 317 g/mol. The summed E-state index contributed by atoms with van der Waals surface area (Å²) in [6, 6.07) is 0.446. The van der Waals surface area contributed by atoms with Gasteiger partial charge in [-0.1, -0.05) is 0 Å². The fourth-order valence-corrected chi connectivity index (χ4v) is 4.70. The number of aromatic nitrogens is 2. The van der Waals surface area contributed by atoms with Gasteiger partial charge in [0.1, 0.15) is 5.69 Å². The van der Waals surface area contributed by atoms with Gasteiger partial charge >= 0.3 is 0 Å². The number of fused-ring (bicyclic) bond motifs is 1. The molecule has 1 fully saturated rings. The Hall–Kier alpha value is -0.560. The lowest BCUT2D eigenvalue weighted by Crippen LogP contribution is -2.38. The lowest BCUT2D eigenvalue weighted by molar-refractivity contribution is 0.0852. The normalized spacial score (nSPS) is 22.9. The van der Waals surface area contributed by atoms with Gasteiger partial charge in [-0.2, -0.15) is 9.17 Å². The van der Waals surface area contributed by atoms with Crippen molar-refractivity contribution in [1.29, 1.82) is 0 Å². The van der Waals surface area contributed by atoms with E-state index in [0.717, 1.165) is 54.6 Å². The van der Waals surface area contributed by atoms with E-state index in [2.05, 4.69) is 21.9 Å². The molecule has 7 heteroatoms. The first-order valence-corrected chi connectivity index (χ1v) is 8.52. The molecule has 0 spiro atoms. The van der Waals surface area contributed by atoms with Crippen LogP contribution in [0, 0.1) is 0 Å². The monoisotopic (exact) mass is 316 g/mol. The molecular formula is C13H19ClN3O2S+. The average Bonchev–Trinajstić information content (AvgIpc) is 2.89. The minimum absolute atomic E-state index is 0.211. The number of hydrogen-bond donors (Lipinski definition) is 0. The maximum atomic E-state index is 6.09. The molecule has 0 N–H and O–H groups in total. The highest BCUT2D eigenvalue weighted by atomic mass is 35.5. The van der Waals surface area contributed by atoms with Gasteiger partial charge in [0.2, 0.25) is 5.28 Å². The quantitative estimate of drug-likeness (QED) is 0.629. The summed E-state index contributed by atoms with van der Waals surface area (Å²) >= 11 is 5.88. The Bertz CT molecular complexity index is 497. The van der Waals surface area contributed by atoms with E-state index < -0.39 is 0 Å². The van der Waals surface area contributed by atoms with Crippen LogP contribution in [0.2, 0.25) is 5.28 Å². The molecule has 0 saturated carbocycles. The van der Waals surface area contributed by atoms with E-state index in [1.165, 1.54) is 0 Å². The maximum Gasteiger partial charge on any atom is 0.254 e. The largest absolute Gasteiger partial charge is 0.381 e. The number of anilines is 1. The summed E-state index contributed by atoms with van der Waals surface area (Å²) in [5, 5.41) is 0.333. The van der Waals surface area contributed by atoms with Crippen molar-refractivity contribution in [3.63, 3.8) is 0 Å². The van der Waals surface area contributed by atoms with Crippen LogP contribution >= 0.6 is 11.6 Å². The Labute approximate surface area is 127 Å². The van der Waals surface area contributed by atoms with E-state index in [9.17, 15) is 0 Å². The van der Waals surface area contributed by atoms with E-state index in [4.69, 9.17) is 20.5 Å². The number of rotatable bonds is 3. The molecule has 1 saturated heterocycles. The summed E-state index contributed by atoms with van der Waals surface area (Å²) in [5.74, 6) is 1.92. The molecule has 2 aliphatic heterocycles. The Morgan fingerprint density at radius 1 is 1.35 bits per heavy atom. The van der Waals surface area contributed by atoms with Gasteiger partial charge in [-0.3, -0.25) is 0 Å². The fraction of sp³-hybridized carbons (Fsp3) is 0.692. The van der Waals surface area contributed by atoms with E-state index in [1.807, 2.05) is 0 Å². The molecule has 0 aliphatic carbocycles. The van der Waals surface area contributed by atoms with Crippen molar-refractivity contribution in [2.45, 2.75) is 30.2 Å². The first-order chi connectivity index (χ1) is 9.70. The minimum Gasteiger partial charge on any atom is -0.381 e. The zero-order valence-corrected chi connectivity index (χ0v) is 13.3. The Morgan fingerprint density at radius 2 is 2.10 bits per heavy atom. The predicted molar refractivity (Wildman–Crippen MR) is 80.5 cm³/mol. The molecule has 20 heavy (non-hydrogen) atoms. The highest BCUT2D eigenvalue weighted by Crippen LogP contribution is 2.36. The van der Waals surface area contributed by atoms with Crippen molar-refractivity contribution < 1.29 is 8.92 Å². The third-order valence-corrected chi connectivity index (χ3v) is 5.94. The molecule has 0 radical (unpaired) electrons. The van der Waals surface area contributed by atoms with Crippen LogP contribution in [-0.4, -0.2) is 49.1 Å². The van der Waals surface area contributed by atoms with Crippen molar-refractivity contribution in [3.05, 3.63) is 11.0 Å². The lowest BCUT2D eigenvalue weighted by Gasteiger charge is -2.32. The standard InChI is InChI=1S/C13H19ClN3O2S/c1-17(9-3-6-19-7-4-9)12-11-10(15-13(14)16-12)5-8-20(11)18-2/h9H,3-8H2,1-2H3/q+1. The second-order valence-electron chi connectivity index (χ2n) is 5.01. The third-order valence-electron chi connectivity index (χ3n) is 3.92. The molecule has 3 rings (SSSR count). The summed E-state index contributed by atoms with van der Waals surface area (Å²) in [4.78, 5) is 12.2. The van der Waals surface area contributed by atoms with E-state index in [0.29, 0.717) is 11.3 Å². The second kappa shape index (κ2) is 6.05. The van der Waals surface area contributed by atoms with Crippen LogP contribution in [-0.2, 0) is 26.5 Å². The number of nitrogens with zero attached hydrogens (tertiary/aromatic N) is 3. The Kier molecular flexibility index (Phi) is 4.35. The summed E-state index contributed by atoms with van der Waals surface area (Å²) in [5.41, 5.74) is 1.05. The molecule has 1 aromatic heterocycles. The molecule has 1 unspecified atom stereocenters. The third kappa shape index (κ3) is 2.62. The van der Waals surface area contributed by atoms with E-state index in [1.54, 1.807) is 7.11 Å². The van der Waals surface area contributed by atoms with Gasteiger partial charge in [0, 0.05) is 32.7 Å². The molecule has 0 bridgehead atoms. The van der Waals surface area contributed by atoms with E-state index in [-0.39, 0.29) is 11.2 Å². The molecule has 0 amide bonds. The van der Waals surface area contributed by atoms with Crippen LogP contribution in [0.4, 0.5) is 5.82 Å². The second-order valence-corrected chi connectivity index (χ2v) is 7.19. The zero-order valence-electron chi connectivity index (χ0n) is 11.8. The molecule has 1 aromatic rings. The number of hydrogen-bond acceptors (Lipinski definition) is 5. The Morgan fingerprint density at radius 3 is 2.80 bits per heavy atom. The highest BCUT2D eigenvalue weighted by Gasteiger charge is 2.41. The molecule has 0 aromatic carbocycles. The van der Waals surface area contributed by atoms with Crippen LogP contribution in [0.5, 0.6) is 0 Å². The first kappa shape index (κ1) is 14.4. The highest BCUT2D eigenvalue weighted by molar-refractivity contribution is 7.92. The summed E-state index contributed by atoms with van der Waals surface area (Å²) in [7, 11) is 3.84. The predicted octanol–water partition coefficient (Wildman–Crippen LogP) is 1.84. The first-order valence-electron chi connectivity index (χ1n) is 6.83. The van der Waals surface area contributed by atoms with Crippen molar-refractivity contribution >= 4 is 28.6 Å². The minimum atomic E-state index is -0.211. The molecule has 2 aliphatic rings. The number of halogens is 1. The lowest BCUT2D eigenvalue weighted by atomic mass is 10.1. The summed E-state index contributed by atoms with van der Waals surface area (Å²) < 4.78 is 11.0. The molecule has 5 nitrogen and oxygen atoms in total. The van der Waals surface area contributed by atoms with E-state index >= 15 is 0 Å². The van der Waals surface area contributed by atoms with Crippen LogP contribution in [0.3, 0.4) is 0 Å². The van der Waals surface area contributed by atoms with Gasteiger partial charge in [0.15, 0.2) is 22.7 Å². The maximum absolute atomic E-state index is 6.09. The van der Waals surface area contributed by atoms with Gasteiger partial charge in [0.05, 0.1) is 7.11 Å². The summed E-state index contributed by atoms with van der Waals surface area (Å²) in [6.07, 6.45) is 2.96. The number of aryl methyl sites for hydroxylation is 1. The topological polar surface area (TPSA) is 47.5 Å². The van der Waals surface area contributed by atoms with Crippen molar-refractivity contribution in [2.75, 3.05) is 38.0 Å². The van der Waals surface area contributed by atoms with Crippen molar-refractivity contribution in [1.82, 2.24) is 9.97 Å². The number of ether oxygens (including phenoxy) is 1. The summed E-state index contributed by atoms with van der Waals surface area (Å²) in [6.45, 7) is 1.62. The SMILES string of the molecule is CO[S+]1CCc2nc(Cl)nc(N(C)C3CCOCC3)c21. The van der Waals surface area contributed by atoms with Crippen LogP contribution in [0.15, 0.2) is 4.90 Å².